The predicted octanol–water partition coefficient (Wildman–Crippen LogP) is 7.57. The Kier molecular flexibility index (Phi) is 10.0. The van der Waals surface area contributed by atoms with Crippen LogP contribution in [0, 0.1) is 17.6 Å². The molecule has 0 saturated carbocycles. The fourth-order valence-electron chi connectivity index (χ4n) is 8.48. The lowest BCUT2D eigenvalue weighted by Crippen LogP contribution is -2.67. The second kappa shape index (κ2) is 14.3. The first-order chi connectivity index (χ1) is 25.6. The van der Waals surface area contributed by atoms with E-state index in [1.54, 1.807) is 13.0 Å². The van der Waals surface area contributed by atoms with E-state index >= 15 is 17.6 Å². The van der Waals surface area contributed by atoms with Crippen molar-refractivity contribution in [2.45, 2.75) is 63.4 Å². The highest BCUT2D eigenvalue weighted by atomic mass is 28.4. The van der Waals surface area contributed by atoms with Crippen LogP contribution in [0.3, 0.4) is 0 Å². The summed E-state index contributed by atoms with van der Waals surface area (Å²) in [6.45, 7) is 6.43. The highest BCUT2D eigenvalue weighted by Crippen LogP contribution is 2.44. The maximum absolute atomic E-state index is 16.8. The van der Waals surface area contributed by atoms with Crippen LogP contribution in [0.2, 0.25) is 5.04 Å². The first kappa shape index (κ1) is 37.8. The number of aliphatic hydroxyl groups is 1. The number of amides is 1. The van der Waals surface area contributed by atoms with Crippen LogP contribution < -0.4 is 10.4 Å². The Labute approximate surface area is 313 Å². The zero-order chi connectivity index (χ0) is 38.6. The smallest absolute Gasteiger partial charge is 0.407 e. The lowest BCUT2D eigenvalue weighted by Gasteiger charge is -2.45. The van der Waals surface area contributed by atoms with E-state index in [0.717, 1.165) is 38.3 Å². The van der Waals surface area contributed by atoms with Crippen molar-refractivity contribution in [3.8, 4) is 0 Å². The molecular formula is C42H45F4N3O4Si. The number of nitrogens with zero attached hydrogens (tertiary/aromatic N) is 3. The predicted molar refractivity (Wildman–Crippen MR) is 203 cm³/mol. The van der Waals surface area contributed by atoms with Crippen LogP contribution >= 0.6 is 0 Å². The second-order valence-corrected chi connectivity index (χ2v) is 20.1. The molecule has 2 aliphatic rings. The Morgan fingerprint density at radius 1 is 0.870 bits per heavy atom. The monoisotopic (exact) mass is 759 g/mol. The average Bonchev–Trinajstić information content (AvgIpc) is 3.46. The number of likely N-dealkylation sites (tertiary alicyclic amines) is 1. The van der Waals surface area contributed by atoms with Crippen LogP contribution in [0.25, 0.3) is 10.9 Å². The molecular weight excluding hydrogens is 715 g/mol. The summed E-state index contributed by atoms with van der Waals surface area (Å²) < 4.78 is 75.0. The number of aromatic nitrogens is 1. The molecule has 1 unspecified atom stereocenters. The van der Waals surface area contributed by atoms with Gasteiger partial charge < -0.3 is 24.1 Å². The number of carbonyl (C=O) groups is 1. The summed E-state index contributed by atoms with van der Waals surface area (Å²) in [5.41, 5.74) is 0.863. The van der Waals surface area contributed by atoms with Gasteiger partial charge in [-0.05, 0) is 57.6 Å². The molecule has 4 aromatic carbocycles. The van der Waals surface area contributed by atoms with Crippen molar-refractivity contribution in [2.75, 3.05) is 26.2 Å². The number of rotatable bonds is 10. The molecule has 3 atom stereocenters. The van der Waals surface area contributed by atoms with Gasteiger partial charge >= 0.3 is 6.09 Å². The number of alkyl halides is 2. The summed E-state index contributed by atoms with van der Waals surface area (Å²) in [4.78, 5) is 13.8. The number of hydrogen-bond acceptors (Lipinski definition) is 4. The Hall–Kier alpha value is -4.49. The number of halogens is 4. The lowest BCUT2D eigenvalue weighted by molar-refractivity contribution is -0.0854. The highest BCUT2D eigenvalue weighted by Gasteiger charge is 2.53. The lowest BCUT2D eigenvalue weighted by atomic mass is 9.87. The number of fused-ring (bicyclic) bond motifs is 3. The van der Waals surface area contributed by atoms with Gasteiger partial charge in [0.1, 0.15) is 11.6 Å². The van der Waals surface area contributed by atoms with E-state index in [0.29, 0.717) is 12.2 Å². The van der Waals surface area contributed by atoms with Gasteiger partial charge in [0.15, 0.2) is 0 Å². The zero-order valence-corrected chi connectivity index (χ0v) is 31.7. The van der Waals surface area contributed by atoms with Crippen molar-refractivity contribution in [1.29, 1.82) is 0 Å². The van der Waals surface area contributed by atoms with Crippen LogP contribution in [0.4, 0.5) is 22.4 Å². The SMILES string of the molecule is C[C@@H]1Cn2c(cc3ccccc32)[C@@H](c2c(F)cc(C(O)C3CN(C(=O)O)C3)cc2F)N1CC(F)(F)CO[Si](c1ccccc1)(c1ccccc1)C(C)(C)C. The fourth-order valence-corrected chi connectivity index (χ4v) is 13.1. The van der Waals surface area contributed by atoms with Crippen molar-refractivity contribution in [2.24, 2.45) is 5.92 Å². The van der Waals surface area contributed by atoms with E-state index in [1.807, 2.05) is 110 Å². The van der Waals surface area contributed by atoms with Crippen molar-refractivity contribution >= 4 is 35.7 Å². The molecule has 0 radical (unpaired) electrons. The minimum Gasteiger partial charge on any atom is -0.465 e. The van der Waals surface area contributed by atoms with Crippen molar-refractivity contribution in [3.63, 3.8) is 0 Å². The Bertz CT molecular complexity index is 2070. The van der Waals surface area contributed by atoms with Gasteiger partial charge in [0.05, 0.1) is 25.3 Å². The molecule has 7 rings (SSSR count). The average molecular weight is 760 g/mol. The minimum absolute atomic E-state index is 0.0283. The second-order valence-electron chi connectivity index (χ2n) is 15.8. The molecule has 54 heavy (non-hydrogen) atoms. The first-order valence-corrected chi connectivity index (χ1v) is 20.1. The molecule has 0 aliphatic carbocycles. The van der Waals surface area contributed by atoms with E-state index in [2.05, 4.69) is 0 Å². The molecule has 1 aromatic heterocycles. The van der Waals surface area contributed by atoms with E-state index in [4.69, 9.17) is 4.43 Å². The Morgan fingerprint density at radius 3 is 1.98 bits per heavy atom. The number of carboxylic acid groups (broad SMARTS) is 1. The normalized spacial score (nSPS) is 19.1. The Morgan fingerprint density at radius 2 is 1.43 bits per heavy atom. The summed E-state index contributed by atoms with van der Waals surface area (Å²) in [6, 6.07) is 28.6. The molecule has 1 fully saturated rings. The summed E-state index contributed by atoms with van der Waals surface area (Å²) in [5, 5.41) is 22.1. The van der Waals surface area contributed by atoms with Gasteiger partial charge in [0.2, 0.25) is 0 Å². The molecule has 1 amide bonds. The van der Waals surface area contributed by atoms with Crippen molar-refractivity contribution in [3.05, 3.63) is 132 Å². The van der Waals surface area contributed by atoms with Gasteiger partial charge in [-0.15, -0.1) is 0 Å². The van der Waals surface area contributed by atoms with E-state index < -0.39 is 79.8 Å². The van der Waals surface area contributed by atoms with Crippen LogP contribution in [0.5, 0.6) is 0 Å². The third kappa shape index (κ3) is 6.74. The van der Waals surface area contributed by atoms with Gasteiger partial charge in [-0.3, -0.25) is 4.90 Å². The third-order valence-electron chi connectivity index (χ3n) is 11.1. The molecule has 2 N–H and O–H groups in total. The first-order valence-electron chi connectivity index (χ1n) is 18.2. The largest absolute Gasteiger partial charge is 0.465 e. The van der Waals surface area contributed by atoms with E-state index in [9.17, 15) is 15.0 Å². The van der Waals surface area contributed by atoms with Gasteiger partial charge in [-0.1, -0.05) is 99.6 Å². The number of para-hydroxylation sites is 1. The van der Waals surface area contributed by atoms with E-state index in [1.165, 1.54) is 4.90 Å². The van der Waals surface area contributed by atoms with Gasteiger partial charge in [-0.2, -0.15) is 0 Å². The van der Waals surface area contributed by atoms with Crippen molar-refractivity contribution in [1.82, 2.24) is 14.4 Å². The molecule has 284 valence electrons. The third-order valence-corrected chi connectivity index (χ3v) is 16.1. The van der Waals surface area contributed by atoms with Crippen molar-refractivity contribution < 1.29 is 37.0 Å². The molecule has 12 heteroatoms. The summed E-state index contributed by atoms with van der Waals surface area (Å²) in [5.74, 6) is -5.94. The maximum Gasteiger partial charge on any atom is 0.407 e. The molecule has 0 spiro atoms. The number of benzene rings is 4. The summed E-state index contributed by atoms with van der Waals surface area (Å²) in [7, 11) is -3.34. The molecule has 7 nitrogen and oxygen atoms in total. The fraction of sp³-hybridized carbons (Fsp3) is 0.357. The maximum atomic E-state index is 16.8. The number of aliphatic hydroxyl groups excluding tert-OH is 1. The minimum atomic E-state index is -3.45. The van der Waals surface area contributed by atoms with Crippen LogP contribution in [-0.4, -0.2) is 77.2 Å². The van der Waals surface area contributed by atoms with Crippen LogP contribution in [0.1, 0.15) is 56.7 Å². The van der Waals surface area contributed by atoms with Crippen LogP contribution in [0.15, 0.2) is 103 Å². The highest BCUT2D eigenvalue weighted by molar-refractivity contribution is 6.99. The van der Waals surface area contributed by atoms with Gasteiger partial charge in [0.25, 0.3) is 14.2 Å². The van der Waals surface area contributed by atoms with Gasteiger partial charge in [0, 0.05) is 48.4 Å². The quantitative estimate of drug-likeness (QED) is 0.114. The topological polar surface area (TPSA) is 78.2 Å². The molecule has 1 saturated heterocycles. The standard InChI is InChI=1S/C42H45F4N3O4Si/c1-27-22-48-35-18-12-11-13-28(35)21-36(48)38(37-33(43)19-29(20-34(37)44)39(50)30-23-47(24-30)40(51)52)49(27)25-42(45,46)26-53-54(41(2,3)4,31-14-7-5-8-15-31)32-16-9-6-10-17-32/h5-21,27,30,38-39,50H,22-26H2,1-4H3,(H,51,52)/t27-,38+,39?/m1/s1. The van der Waals surface area contributed by atoms with Crippen LogP contribution in [-0.2, 0) is 11.0 Å². The molecule has 5 aromatic rings. The Balaban J connectivity index is 1.26. The molecule has 2 aliphatic heterocycles. The summed E-state index contributed by atoms with van der Waals surface area (Å²) in [6.07, 6.45) is -2.45. The molecule has 0 bridgehead atoms. The molecule has 3 heterocycles. The summed E-state index contributed by atoms with van der Waals surface area (Å²) >= 11 is 0. The van der Waals surface area contributed by atoms with Gasteiger partial charge in [-0.25, -0.2) is 22.4 Å². The zero-order valence-electron chi connectivity index (χ0n) is 30.7. The number of hydrogen-bond donors (Lipinski definition) is 2. The van der Waals surface area contributed by atoms with E-state index in [-0.39, 0.29) is 18.7 Å².